The van der Waals surface area contributed by atoms with Crippen LogP contribution in [0.2, 0.25) is 10.0 Å². The summed E-state index contributed by atoms with van der Waals surface area (Å²) in [6, 6.07) is 3.10. The Balaban J connectivity index is 1.76. The van der Waals surface area contributed by atoms with Gasteiger partial charge in [-0.1, -0.05) is 36.0 Å². The molecule has 0 spiro atoms. The van der Waals surface area contributed by atoms with Gasteiger partial charge < -0.3 is 0 Å². The van der Waals surface area contributed by atoms with Gasteiger partial charge in [-0.05, 0) is 62.3 Å². The maximum absolute atomic E-state index is 13.7. The Morgan fingerprint density at radius 1 is 1.14 bits per heavy atom. The molecule has 0 radical (unpaired) electrons. The normalized spacial score (nSPS) is 17.6. The van der Waals surface area contributed by atoms with Crippen LogP contribution in [-0.2, 0) is 36.5 Å². The van der Waals surface area contributed by atoms with Crippen molar-refractivity contribution < 1.29 is 8.42 Å². The van der Waals surface area contributed by atoms with Crippen LogP contribution < -0.4 is 0 Å². The number of aromatic nitrogens is 2. The van der Waals surface area contributed by atoms with Crippen LogP contribution in [-0.4, -0.2) is 28.5 Å². The van der Waals surface area contributed by atoms with E-state index in [1.807, 2.05) is 11.7 Å². The lowest BCUT2D eigenvalue weighted by atomic mass is 10.2. The van der Waals surface area contributed by atoms with Gasteiger partial charge in [-0.3, -0.25) is 4.68 Å². The number of aryl methyl sites for hydroxylation is 2. The first-order valence-electron chi connectivity index (χ1n) is 9.80. The van der Waals surface area contributed by atoms with Crippen LogP contribution in [0.4, 0.5) is 0 Å². The lowest BCUT2D eigenvalue weighted by Crippen LogP contribution is -2.38. The summed E-state index contributed by atoms with van der Waals surface area (Å²) in [6.07, 6.45) is 6.92. The lowest BCUT2D eigenvalue weighted by molar-refractivity contribution is 0.311. The predicted octanol–water partition coefficient (Wildman–Crippen LogP) is 4.66. The molecule has 1 fully saturated rings. The third-order valence-corrected chi connectivity index (χ3v) is 8.81. The van der Waals surface area contributed by atoms with Gasteiger partial charge in [0, 0.05) is 23.8 Å². The minimum atomic E-state index is -3.77. The number of nitrogens with zero attached hydrogens (tertiary/aromatic N) is 3. The summed E-state index contributed by atoms with van der Waals surface area (Å²) < 4.78 is 30.9. The minimum Gasteiger partial charge on any atom is -0.272 e. The van der Waals surface area contributed by atoms with E-state index >= 15 is 0 Å². The average molecular weight is 442 g/mol. The zero-order valence-electron chi connectivity index (χ0n) is 16.2. The Morgan fingerprint density at radius 3 is 2.57 bits per heavy atom. The van der Waals surface area contributed by atoms with Gasteiger partial charge >= 0.3 is 0 Å². The maximum Gasteiger partial charge on any atom is 0.245 e. The third-order valence-electron chi connectivity index (χ3n) is 6.04. The van der Waals surface area contributed by atoms with E-state index in [9.17, 15) is 8.42 Å². The summed E-state index contributed by atoms with van der Waals surface area (Å²) >= 11 is 12.5. The van der Waals surface area contributed by atoms with Gasteiger partial charge in [-0.15, -0.1) is 0 Å². The molecule has 2 aromatic rings. The van der Waals surface area contributed by atoms with Crippen molar-refractivity contribution in [2.75, 3.05) is 0 Å². The molecule has 0 bridgehead atoms. The zero-order valence-corrected chi connectivity index (χ0v) is 18.5. The topological polar surface area (TPSA) is 55.2 Å². The van der Waals surface area contributed by atoms with E-state index in [0.29, 0.717) is 17.1 Å². The van der Waals surface area contributed by atoms with Gasteiger partial charge in [0.05, 0.1) is 17.3 Å². The molecule has 2 aliphatic carbocycles. The van der Waals surface area contributed by atoms with E-state index < -0.39 is 10.0 Å². The molecule has 1 heterocycles. The Kier molecular flexibility index (Phi) is 5.51. The monoisotopic (exact) mass is 441 g/mol. The largest absolute Gasteiger partial charge is 0.272 e. The van der Waals surface area contributed by atoms with E-state index in [4.69, 9.17) is 23.2 Å². The quantitative estimate of drug-likeness (QED) is 0.677. The highest BCUT2D eigenvalue weighted by atomic mass is 35.5. The second kappa shape index (κ2) is 7.63. The number of hydrogen-bond donors (Lipinski definition) is 0. The Hall–Kier alpha value is -1.08. The lowest BCUT2D eigenvalue weighted by Gasteiger charge is -2.28. The molecule has 28 heavy (non-hydrogen) atoms. The summed E-state index contributed by atoms with van der Waals surface area (Å²) in [4.78, 5) is 0.135. The fourth-order valence-electron chi connectivity index (χ4n) is 4.53. The standard InChI is InChI=1S/C20H25Cl2N3O2S/c1-13-10-20(17(22)11-16(13)21)28(26,27)25(14-6-3-4-7-14)12-18-15-8-5-9-19(15)24(2)23-18/h10-11,14H,3-9,12H2,1-2H3. The highest BCUT2D eigenvalue weighted by Gasteiger charge is 2.36. The van der Waals surface area contributed by atoms with Crippen LogP contribution in [0.5, 0.6) is 0 Å². The fourth-order valence-corrected chi connectivity index (χ4v) is 6.98. The third kappa shape index (κ3) is 3.49. The maximum atomic E-state index is 13.7. The molecule has 0 aliphatic heterocycles. The highest BCUT2D eigenvalue weighted by molar-refractivity contribution is 7.89. The Morgan fingerprint density at radius 2 is 1.86 bits per heavy atom. The smallest absolute Gasteiger partial charge is 0.245 e. The van der Waals surface area contributed by atoms with Gasteiger partial charge in [-0.2, -0.15) is 9.40 Å². The molecule has 1 saturated carbocycles. The molecule has 0 amide bonds. The van der Waals surface area contributed by atoms with Crippen molar-refractivity contribution in [3.05, 3.63) is 44.7 Å². The van der Waals surface area contributed by atoms with E-state index in [1.54, 1.807) is 17.3 Å². The number of benzene rings is 1. The van der Waals surface area contributed by atoms with Gasteiger partial charge in [-0.25, -0.2) is 8.42 Å². The Bertz CT molecular complexity index is 1010. The van der Waals surface area contributed by atoms with E-state index in [2.05, 4.69) is 5.10 Å². The first-order chi connectivity index (χ1) is 13.3. The second-order valence-electron chi connectivity index (χ2n) is 7.87. The van der Waals surface area contributed by atoms with Crippen molar-refractivity contribution in [1.29, 1.82) is 0 Å². The molecular weight excluding hydrogens is 417 g/mol. The van der Waals surface area contributed by atoms with Crippen LogP contribution >= 0.6 is 23.2 Å². The molecule has 4 rings (SSSR count). The van der Waals surface area contributed by atoms with Crippen molar-refractivity contribution in [2.24, 2.45) is 7.05 Å². The van der Waals surface area contributed by atoms with E-state index in [1.165, 1.54) is 17.3 Å². The van der Waals surface area contributed by atoms with Crippen LogP contribution in [0.3, 0.4) is 0 Å². The number of halogens is 2. The van der Waals surface area contributed by atoms with Crippen LogP contribution in [0, 0.1) is 6.92 Å². The molecule has 1 aromatic heterocycles. The van der Waals surface area contributed by atoms with Crippen molar-refractivity contribution >= 4 is 33.2 Å². The molecule has 0 atom stereocenters. The van der Waals surface area contributed by atoms with Gasteiger partial charge in [0.1, 0.15) is 4.90 Å². The molecule has 0 saturated heterocycles. The van der Waals surface area contributed by atoms with Gasteiger partial charge in [0.2, 0.25) is 10.0 Å². The molecule has 152 valence electrons. The highest BCUT2D eigenvalue weighted by Crippen LogP contribution is 2.36. The number of rotatable bonds is 5. The van der Waals surface area contributed by atoms with Crippen LogP contribution in [0.15, 0.2) is 17.0 Å². The molecule has 8 heteroatoms. The van der Waals surface area contributed by atoms with Gasteiger partial charge in [0.15, 0.2) is 0 Å². The summed E-state index contributed by atoms with van der Waals surface area (Å²) in [6.45, 7) is 2.09. The van der Waals surface area contributed by atoms with Crippen molar-refractivity contribution in [1.82, 2.24) is 14.1 Å². The van der Waals surface area contributed by atoms with Gasteiger partial charge in [0.25, 0.3) is 0 Å². The van der Waals surface area contributed by atoms with Crippen molar-refractivity contribution in [3.63, 3.8) is 0 Å². The predicted molar refractivity (Wildman–Crippen MR) is 111 cm³/mol. The number of hydrogen-bond acceptors (Lipinski definition) is 3. The summed E-state index contributed by atoms with van der Waals surface area (Å²) in [7, 11) is -1.82. The zero-order chi connectivity index (χ0) is 20.1. The minimum absolute atomic E-state index is 0.0175. The first-order valence-corrected chi connectivity index (χ1v) is 12.0. The summed E-state index contributed by atoms with van der Waals surface area (Å²) in [5, 5.41) is 5.30. The van der Waals surface area contributed by atoms with E-state index in [0.717, 1.165) is 50.6 Å². The number of fused-ring (bicyclic) bond motifs is 1. The van der Waals surface area contributed by atoms with Crippen LogP contribution in [0.1, 0.15) is 54.6 Å². The second-order valence-corrected chi connectivity index (χ2v) is 10.5. The molecule has 0 unspecified atom stereocenters. The molecular formula is C20H25Cl2N3O2S. The SMILES string of the molecule is Cc1cc(S(=O)(=O)N(Cc2nn(C)c3c2CCC3)C2CCCC2)c(Cl)cc1Cl. The molecule has 1 aromatic carbocycles. The molecule has 0 N–H and O–H groups in total. The van der Waals surface area contributed by atoms with Crippen LogP contribution in [0.25, 0.3) is 0 Å². The van der Waals surface area contributed by atoms with Crippen molar-refractivity contribution in [2.45, 2.75) is 69.4 Å². The van der Waals surface area contributed by atoms with E-state index in [-0.39, 0.29) is 16.0 Å². The molecule has 2 aliphatic rings. The van der Waals surface area contributed by atoms with Crippen molar-refractivity contribution in [3.8, 4) is 0 Å². The summed E-state index contributed by atoms with van der Waals surface area (Å²) in [5.74, 6) is 0. The Labute approximate surface area is 176 Å². The fraction of sp³-hybridized carbons (Fsp3) is 0.550. The molecule has 5 nitrogen and oxygen atoms in total. The summed E-state index contributed by atoms with van der Waals surface area (Å²) in [5.41, 5.74) is 4.04. The first kappa shape index (κ1) is 20.2. The average Bonchev–Trinajstić information content (AvgIpc) is 3.36. The number of sulfonamides is 1.